The van der Waals surface area contributed by atoms with Gasteiger partial charge in [-0.05, 0) is 57.4 Å². The smallest absolute Gasteiger partial charge is 0.410 e. The Kier molecular flexibility index (Phi) is 7.07. The van der Waals surface area contributed by atoms with E-state index >= 15 is 0 Å². The van der Waals surface area contributed by atoms with Gasteiger partial charge in [-0.25, -0.2) is 9.48 Å². The number of para-hydroxylation sites is 1. The normalized spacial score (nSPS) is 13.3. The lowest BCUT2D eigenvalue weighted by molar-refractivity contribution is 0.0224. The molecular formula is C29H34N4O3. The summed E-state index contributed by atoms with van der Waals surface area (Å²) in [5, 5.41) is 14.4. The summed E-state index contributed by atoms with van der Waals surface area (Å²) in [6.45, 7) is 13.4. The molecule has 0 aliphatic carbocycles. The van der Waals surface area contributed by atoms with Gasteiger partial charge in [0, 0.05) is 24.1 Å². The highest BCUT2D eigenvalue weighted by Gasteiger charge is 2.31. The van der Waals surface area contributed by atoms with E-state index in [1.165, 1.54) is 0 Å². The van der Waals surface area contributed by atoms with Gasteiger partial charge in [0.25, 0.3) is 0 Å². The van der Waals surface area contributed by atoms with E-state index in [9.17, 15) is 10.1 Å². The van der Waals surface area contributed by atoms with Crippen molar-refractivity contribution >= 4 is 6.09 Å². The third-order valence-corrected chi connectivity index (χ3v) is 5.96. The number of nitrogens with zero attached hydrogens (tertiary/aromatic N) is 4. The molecule has 1 aromatic heterocycles. The Hall–Kier alpha value is -3.79. The number of aryl methyl sites for hydroxylation is 1. The van der Waals surface area contributed by atoms with Gasteiger partial charge >= 0.3 is 6.09 Å². The summed E-state index contributed by atoms with van der Waals surface area (Å²) in [4.78, 5) is 14.6. The lowest BCUT2D eigenvalue weighted by atomic mass is 10.00. The van der Waals surface area contributed by atoms with Crippen molar-refractivity contribution in [1.29, 1.82) is 5.26 Å². The monoisotopic (exact) mass is 486 g/mol. The molecule has 0 saturated heterocycles. The lowest BCUT2D eigenvalue weighted by Gasteiger charge is -2.30. The minimum Gasteiger partial charge on any atom is -0.491 e. The number of carbonyl (C=O) groups is 1. The summed E-state index contributed by atoms with van der Waals surface area (Å²) in [6, 6.07) is 15.7. The summed E-state index contributed by atoms with van der Waals surface area (Å²) in [6.07, 6.45) is 0.294. The summed E-state index contributed by atoms with van der Waals surface area (Å²) >= 11 is 0. The van der Waals surface area contributed by atoms with Crippen molar-refractivity contribution in [3.63, 3.8) is 0 Å². The van der Waals surface area contributed by atoms with E-state index < -0.39 is 5.60 Å². The van der Waals surface area contributed by atoms with Crippen LogP contribution in [0.1, 0.15) is 57.0 Å². The third kappa shape index (κ3) is 5.38. The zero-order valence-corrected chi connectivity index (χ0v) is 22.0. The number of rotatable bonds is 5. The van der Waals surface area contributed by atoms with Crippen molar-refractivity contribution in [2.75, 3.05) is 13.2 Å². The first kappa shape index (κ1) is 25.3. The van der Waals surface area contributed by atoms with Gasteiger partial charge in [0.2, 0.25) is 0 Å². The fourth-order valence-corrected chi connectivity index (χ4v) is 4.29. The number of fused-ring (bicyclic) bond motifs is 1. The van der Waals surface area contributed by atoms with Crippen LogP contribution in [0.25, 0.3) is 16.9 Å². The van der Waals surface area contributed by atoms with Crippen molar-refractivity contribution in [2.45, 2.75) is 60.1 Å². The van der Waals surface area contributed by atoms with Crippen molar-refractivity contribution in [2.24, 2.45) is 5.92 Å². The molecule has 4 rings (SSSR count). The third-order valence-electron chi connectivity index (χ3n) is 5.96. The Bertz CT molecular complexity index is 1290. The number of carbonyl (C=O) groups excluding carboxylic acids is 1. The zero-order valence-electron chi connectivity index (χ0n) is 22.0. The Balaban J connectivity index is 1.85. The first-order chi connectivity index (χ1) is 17.1. The van der Waals surface area contributed by atoms with Gasteiger partial charge in [-0.3, -0.25) is 0 Å². The van der Waals surface area contributed by atoms with Crippen molar-refractivity contribution < 1.29 is 14.3 Å². The number of nitriles is 1. The van der Waals surface area contributed by atoms with E-state index in [2.05, 4.69) is 19.9 Å². The standard InChI is InChI=1S/C29H34N4O3/c1-19(2)18-35-25-9-7-8-20(3)26(25)33-27(22-12-10-21(16-30)11-13-22)23-17-32(15-14-24(23)31-33)28(34)36-29(4,5)6/h7-13,19H,14-15,17-18H2,1-6H3. The minimum absolute atomic E-state index is 0.330. The van der Waals surface area contributed by atoms with Crippen molar-refractivity contribution in [1.82, 2.24) is 14.7 Å². The molecule has 2 aromatic carbocycles. The molecule has 36 heavy (non-hydrogen) atoms. The van der Waals surface area contributed by atoms with Crippen LogP contribution in [0.5, 0.6) is 5.75 Å². The molecule has 188 valence electrons. The first-order valence-corrected chi connectivity index (χ1v) is 12.4. The second-order valence-corrected chi connectivity index (χ2v) is 10.7. The molecule has 1 amide bonds. The molecule has 0 spiro atoms. The molecule has 2 heterocycles. The van der Waals surface area contributed by atoms with Gasteiger partial charge in [0.1, 0.15) is 17.0 Å². The molecule has 1 aliphatic rings. The largest absolute Gasteiger partial charge is 0.491 e. The fraction of sp³-hybridized carbons (Fsp3) is 0.414. The second-order valence-electron chi connectivity index (χ2n) is 10.7. The zero-order chi connectivity index (χ0) is 26.0. The van der Waals surface area contributed by atoms with Crippen LogP contribution in [0, 0.1) is 24.2 Å². The van der Waals surface area contributed by atoms with Crippen LogP contribution in [0.15, 0.2) is 42.5 Å². The number of amides is 1. The molecule has 0 fully saturated rings. The SMILES string of the molecule is Cc1cccc(OCC(C)C)c1-n1nc2c(c1-c1ccc(C#N)cc1)CN(C(=O)OC(C)(C)C)CC2. The van der Waals surface area contributed by atoms with Gasteiger partial charge in [0.05, 0.1) is 36.2 Å². The molecular weight excluding hydrogens is 452 g/mol. The number of aromatic nitrogens is 2. The van der Waals surface area contributed by atoms with E-state index in [4.69, 9.17) is 14.6 Å². The summed E-state index contributed by atoms with van der Waals surface area (Å²) in [5.74, 6) is 1.15. The van der Waals surface area contributed by atoms with Crippen LogP contribution in [-0.2, 0) is 17.7 Å². The topological polar surface area (TPSA) is 80.4 Å². The molecule has 0 unspecified atom stereocenters. The molecule has 1 aliphatic heterocycles. The molecule has 0 saturated carbocycles. The maximum absolute atomic E-state index is 12.9. The van der Waals surface area contributed by atoms with Crippen molar-refractivity contribution in [3.05, 3.63) is 64.8 Å². The summed E-state index contributed by atoms with van der Waals surface area (Å²) in [5.41, 5.74) is 5.69. The van der Waals surface area contributed by atoms with Crippen LogP contribution in [0.4, 0.5) is 4.79 Å². The van der Waals surface area contributed by atoms with E-state index in [1.807, 2.05) is 74.8 Å². The maximum Gasteiger partial charge on any atom is 0.410 e. The molecule has 3 aromatic rings. The highest BCUT2D eigenvalue weighted by atomic mass is 16.6. The predicted octanol–water partition coefficient (Wildman–Crippen LogP) is 6.05. The highest BCUT2D eigenvalue weighted by molar-refractivity contribution is 5.73. The van der Waals surface area contributed by atoms with E-state index in [0.29, 0.717) is 37.6 Å². The summed E-state index contributed by atoms with van der Waals surface area (Å²) < 4.78 is 13.8. The molecule has 0 atom stereocenters. The molecule has 0 N–H and O–H groups in total. The van der Waals surface area contributed by atoms with E-state index in [0.717, 1.165) is 39.5 Å². The molecule has 0 radical (unpaired) electrons. The van der Waals surface area contributed by atoms with Crippen LogP contribution < -0.4 is 4.74 Å². The fourth-order valence-electron chi connectivity index (χ4n) is 4.29. The van der Waals surface area contributed by atoms with Crippen LogP contribution >= 0.6 is 0 Å². The maximum atomic E-state index is 12.9. The second kappa shape index (κ2) is 10.1. The predicted molar refractivity (Wildman–Crippen MR) is 139 cm³/mol. The molecule has 7 nitrogen and oxygen atoms in total. The van der Waals surface area contributed by atoms with Gasteiger partial charge < -0.3 is 14.4 Å². The Morgan fingerprint density at radius 2 is 1.89 bits per heavy atom. The molecule has 7 heteroatoms. The van der Waals surface area contributed by atoms with Crippen molar-refractivity contribution in [3.8, 4) is 28.8 Å². The number of ether oxygens (including phenoxy) is 2. The van der Waals surface area contributed by atoms with Crippen LogP contribution in [-0.4, -0.2) is 39.5 Å². The Labute approximate surface area is 213 Å². The highest BCUT2D eigenvalue weighted by Crippen LogP contribution is 2.37. The minimum atomic E-state index is -0.568. The Morgan fingerprint density at radius 3 is 2.53 bits per heavy atom. The van der Waals surface area contributed by atoms with E-state index in [1.54, 1.807) is 4.90 Å². The number of hydrogen-bond donors (Lipinski definition) is 0. The van der Waals surface area contributed by atoms with Crippen LogP contribution in [0.3, 0.4) is 0 Å². The van der Waals surface area contributed by atoms with Gasteiger partial charge in [0.15, 0.2) is 0 Å². The van der Waals surface area contributed by atoms with E-state index in [-0.39, 0.29) is 6.09 Å². The first-order valence-electron chi connectivity index (χ1n) is 12.4. The average Bonchev–Trinajstić information content (AvgIpc) is 3.19. The average molecular weight is 487 g/mol. The lowest BCUT2D eigenvalue weighted by Crippen LogP contribution is -2.39. The number of benzene rings is 2. The Morgan fingerprint density at radius 1 is 1.17 bits per heavy atom. The molecule has 0 bridgehead atoms. The quantitative estimate of drug-likeness (QED) is 0.439. The number of hydrogen-bond acceptors (Lipinski definition) is 5. The van der Waals surface area contributed by atoms with Crippen LogP contribution in [0.2, 0.25) is 0 Å². The summed E-state index contributed by atoms with van der Waals surface area (Å²) in [7, 11) is 0. The van der Waals surface area contributed by atoms with Gasteiger partial charge in [-0.1, -0.05) is 38.1 Å². The van der Waals surface area contributed by atoms with Gasteiger partial charge in [-0.2, -0.15) is 10.4 Å². The van der Waals surface area contributed by atoms with Gasteiger partial charge in [-0.15, -0.1) is 0 Å².